The third kappa shape index (κ3) is 4.16. The van der Waals surface area contributed by atoms with Gasteiger partial charge in [0.05, 0.1) is 5.69 Å². The van der Waals surface area contributed by atoms with Crippen LogP contribution in [0.5, 0.6) is 0 Å². The fourth-order valence-electron chi connectivity index (χ4n) is 7.92. The van der Waals surface area contributed by atoms with Gasteiger partial charge in [-0.15, -0.1) is 0 Å². The number of aryl methyl sites for hydroxylation is 1. The standard InChI is InChI=1S/C43H39NS/c1-28-15-7-12-20-37(28)44(38-21-13-14-22-39(38)45(4,5)6)30-24-26-31-29(27-30)23-25-36-40-34-18-10-8-16-32(34)33-17-9-11-19-35(33)42(40)43(2,3)41(31)36/h7-27H,1-6H3. The molecule has 7 aromatic rings. The molecule has 1 aliphatic rings. The van der Waals surface area contributed by atoms with E-state index in [9.17, 15) is 0 Å². The first-order valence-electron chi connectivity index (χ1n) is 15.8. The van der Waals surface area contributed by atoms with Crippen molar-refractivity contribution in [1.82, 2.24) is 0 Å². The zero-order valence-electron chi connectivity index (χ0n) is 27.0. The molecule has 0 radical (unpaired) electrons. The van der Waals surface area contributed by atoms with Crippen LogP contribution in [0.4, 0.5) is 17.1 Å². The molecule has 1 nitrogen and oxygen atoms in total. The summed E-state index contributed by atoms with van der Waals surface area (Å²) in [6.07, 6.45) is 7.16. The lowest BCUT2D eigenvalue weighted by Crippen LogP contribution is -2.16. The van der Waals surface area contributed by atoms with Gasteiger partial charge in [0.2, 0.25) is 0 Å². The molecule has 0 saturated carbocycles. The van der Waals surface area contributed by atoms with Crippen LogP contribution < -0.4 is 4.90 Å². The normalized spacial score (nSPS) is 14.1. The van der Waals surface area contributed by atoms with Gasteiger partial charge in [-0.05, 0) is 116 Å². The summed E-state index contributed by atoms with van der Waals surface area (Å²) in [5, 5.41) is 8.00. The highest BCUT2D eigenvalue weighted by molar-refractivity contribution is 8.32. The predicted octanol–water partition coefficient (Wildman–Crippen LogP) is 12.3. The van der Waals surface area contributed by atoms with Crippen molar-refractivity contribution >= 4 is 59.4 Å². The SMILES string of the molecule is Cc1ccccc1N(c1ccc2c3c(ccc2c1)-c1c(c2ccccc2c2ccccc12)C3(C)C)c1ccccc1S(C)(C)C. The lowest BCUT2D eigenvalue weighted by molar-refractivity contribution is 0.672. The molecule has 8 rings (SSSR count). The lowest BCUT2D eigenvalue weighted by atomic mass is 9.78. The first kappa shape index (κ1) is 28.0. The van der Waals surface area contributed by atoms with Crippen molar-refractivity contribution in [2.45, 2.75) is 31.1 Å². The number of hydrogen-bond donors (Lipinski definition) is 0. The van der Waals surface area contributed by atoms with E-state index in [-0.39, 0.29) is 5.41 Å². The van der Waals surface area contributed by atoms with E-state index < -0.39 is 10.0 Å². The summed E-state index contributed by atoms with van der Waals surface area (Å²) in [7, 11) is -0.982. The Morgan fingerprint density at radius 2 is 1.13 bits per heavy atom. The van der Waals surface area contributed by atoms with Gasteiger partial charge in [-0.3, -0.25) is 0 Å². The van der Waals surface area contributed by atoms with E-state index in [0.717, 1.165) is 0 Å². The molecule has 45 heavy (non-hydrogen) atoms. The Labute approximate surface area is 268 Å². The van der Waals surface area contributed by atoms with Crippen molar-refractivity contribution in [2.75, 3.05) is 23.7 Å². The first-order valence-corrected chi connectivity index (χ1v) is 18.7. The molecule has 0 N–H and O–H groups in total. The topological polar surface area (TPSA) is 3.24 Å². The van der Waals surface area contributed by atoms with E-state index in [1.165, 1.54) is 82.1 Å². The van der Waals surface area contributed by atoms with Crippen LogP contribution in [0, 0.1) is 6.92 Å². The van der Waals surface area contributed by atoms with Crippen LogP contribution in [-0.2, 0) is 5.41 Å². The molecule has 0 atom stereocenters. The molecule has 7 aromatic carbocycles. The Kier molecular flexibility index (Phi) is 6.21. The molecule has 1 aliphatic carbocycles. The maximum Gasteiger partial charge on any atom is 0.0582 e. The fourth-order valence-corrected chi connectivity index (χ4v) is 9.19. The molecule has 0 aromatic heterocycles. The summed E-state index contributed by atoms with van der Waals surface area (Å²) < 4.78 is 0. The highest BCUT2D eigenvalue weighted by Gasteiger charge is 2.39. The Morgan fingerprint density at radius 3 is 1.84 bits per heavy atom. The number of anilines is 3. The van der Waals surface area contributed by atoms with Gasteiger partial charge >= 0.3 is 0 Å². The zero-order valence-corrected chi connectivity index (χ0v) is 27.8. The van der Waals surface area contributed by atoms with Crippen molar-refractivity contribution in [3.05, 3.63) is 144 Å². The Balaban J connectivity index is 1.39. The van der Waals surface area contributed by atoms with Crippen LogP contribution in [0.2, 0.25) is 0 Å². The molecule has 2 heteroatoms. The number of benzene rings is 7. The van der Waals surface area contributed by atoms with Gasteiger partial charge in [-0.2, -0.15) is 0 Å². The minimum Gasteiger partial charge on any atom is -0.309 e. The number of rotatable bonds is 4. The molecule has 222 valence electrons. The van der Waals surface area contributed by atoms with Crippen LogP contribution >= 0.6 is 10.0 Å². The lowest BCUT2D eigenvalue weighted by Gasteiger charge is -2.35. The maximum absolute atomic E-state index is 2.48. The Hall–Kier alpha value is -4.53. The average molecular weight is 602 g/mol. The Bertz CT molecular complexity index is 2300. The van der Waals surface area contributed by atoms with Crippen molar-refractivity contribution < 1.29 is 0 Å². The first-order chi connectivity index (χ1) is 21.7. The van der Waals surface area contributed by atoms with E-state index in [1.807, 2.05) is 0 Å². The largest absolute Gasteiger partial charge is 0.309 e. The van der Waals surface area contributed by atoms with Gasteiger partial charge in [0.25, 0.3) is 0 Å². The summed E-state index contributed by atoms with van der Waals surface area (Å²) in [6.45, 7) is 7.07. The second kappa shape index (κ2) is 9.99. The van der Waals surface area contributed by atoms with E-state index in [4.69, 9.17) is 0 Å². The van der Waals surface area contributed by atoms with Crippen LogP contribution in [0.15, 0.2) is 132 Å². The molecule has 0 bridgehead atoms. The van der Waals surface area contributed by atoms with Crippen LogP contribution in [0.3, 0.4) is 0 Å². The highest BCUT2D eigenvalue weighted by Crippen LogP contribution is 2.57. The van der Waals surface area contributed by atoms with Gasteiger partial charge in [0.1, 0.15) is 0 Å². The second-order valence-corrected chi connectivity index (χ2v) is 17.9. The fraction of sp³-hybridized carbons (Fsp3) is 0.163. The molecule has 0 fully saturated rings. The molecule has 0 saturated heterocycles. The van der Waals surface area contributed by atoms with Crippen molar-refractivity contribution in [3.63, 3.8) is 0 Å². The van der Waals surface area contributed by atoms with Crippen LogP contribution in [0.1, 0.15) is 30.5 Å². The van der Waals surface area contributed by atoms with Crippen LogP contribution in [-0.4, -0.2) is 18.8 Å². The predicted molar refractivity (Wildman–Crippen MR) is 200 cm³/mol. The number of nitrogens with zero attached hydrogens (tertiary/aromatic N) is 1. The third-order valence-electron chi connectivity index (χ3n) is 9.84. The molecule has 0 amide bonds. The van der Waals surface area contributed by atoms with E-state index in [2.05, 4.69) is 172 Å². The van der Waals surface area contributed by atoms with Gasteiger partial charge < -0.3 is 4.90 Å². The van der Waals surface area contributed by atoms with Crippen LogP contribution in [0.25, 0.3) is 43.4 Å². The van der Waals surface area contributed by atoms with Gasteiger partial charge in [-0.25, -0.2) is 10.0 Å². The number of fused-ring (bicyclic) bond motifs is 10. The summed E-state index contributed by atoms with van der Waals surface area (Å²) in [5.41, 5.74) is 10.5. The van der Waals surface area contributed by atoms with Crippen molar-refractivity contribution in [2.24, 2.45) is 0 Å². The average Bonchev–Trinajstić information content (AvgIpc) is 3.29. The minimum absolute atomic E-state index is 0.146. The monoisotopic (exact) mass is 601 g/mol. The van der Waals surface area contributed by atoms with Gasteiger partial charge in [-0.1, -0.05) is 111 Å². The zero-order chi connectivity index (χ0) is 31.1. The Morgan fingerprint density at radius 1 is 0.533 bits per heavy atom. The van der Waals surface area contributed by atoms with Gasteiger partial charge in [0, 0.05) is 21.7 Å². The minimum atomic E-state index is -0.982. The summed E-state index contributed by atoms with van der Waals surface area (Å²) in [6, 6.07) is 47.6. The molecule has 0 spiro atoms. The van der Waals surface area contributed by atoms with E-state index in [1.54, 1.807) is 0 Å². The van der Waals surface area contributed by atoms with Crippen molar-refractivity contribution in [1.29, 1.82) is 0 Å². The summed E-state index contributed by atoms with van der Waals surface area (Å²) in [5.74, 6) is 0. The summed E-state index contributed by atoms with van der Waals surface area (Å²) >= 11 is 0. The van der Waals surface area contributed by atoms with Gasteiger partial charge in [0.15, 0.2) is 0 Å². The quantitative estimate of drug-likeness (QED) is 0.181. The second-order valence-electron chi connectivity index (χ2n) is 13.8. The number of hydrogen-bond acceptors (Lipinski definition) is 1. The molecular weight excluding hydrogens is 563 g/mol. The summed E-state index contributed by atoms with van der Waals surface area (Å²) in [4.78, 5) is 3.90. The highest BCUT2D eigenvalue weighted by atomic mass is 32.3. The molecular formula is C43H39NS. The number of para-hydroxylation sites is 2. The van der Waals surface area contributed by atoms with E-state index >= 15 is 0 Å². The maximum atomic E-state index is 2.48. The third-order valence-corrected chi connectivity index (χ3v) is 11.5. The molecule has 0 heterocycles. The molecule has 0 aliphatic heterocycles. The molecule has 0 unspecified atom stereocenters. The van der Waals surface area contributed by atoms with E-state index in [0.29, 0.717) is 0 Å². The van der Waals surface area contributed by atoms with Crippen molar-refractivity contribution in [3.8, 4) is 11.1 Å². The smallest absolute Gasteiger partial charge is 0.0582 e.